The number of amides is 1. The minimum absolute atomic E-state index is 0.0432. The third-order valence-electron chi connectivity index (χ3n) is 5.41. The zero-order valence-corrected chi connectivity index (χ0v) is 19.7. The Morgan fingerprint density at radius 1 is 0.788 bits per heavy atom. The van der Waals surface area contributed by atoms with Crippen molar-refractivity contribution in [2.75, 3.05) is 20.1 Å². The summed E-state index contributed by atoms with van der Waals surface area (Å²) in [4.78, 5) is 26.4. The maximum absolute atomic E-state index is 13.2. The van der Waals surface area contributed by atoms with Crippen LogP contribution in [0.2, 0.25) is 0 Å². The zero-order chi connectivity index (χ0) is 23.8. The molecule has 0 bridgehead atoms. The van der Waals surface area contributed by atoms with E-state index in [9.17, 15) is 18.0 Å². The Kier molecular flexibility index (Phi) is 8.14. The second kappa shape index (κ2) is 11.0. The molecule has 0 aliphatic rings. The van der Waals surface area contributed by atoms with Crippen LogP contribution in [0, 0.1) is 0 Å². The summed E-state index contributed by atoms with van der Waals surface area (Å²) in [5.41, 5.74) is 2.52. The van der Waals surface area contributed by atoms with Crippen LogP contribution in [0.25, 0.3) is 0 Å². The number of carbonyl (C=O) groups excluding carboxylic acids is 2. The van der Waals surface area contributed by atoms with Crippen molar-refractivity contribution in [3.63, 3.8) is 0 Å². The molecule has 3 rings (SSSR count). The molecule has 0 aromatic heterocycles. The maximum Gasteiger partial charge on any atom is 0.243 e. The average molecular weight is 465 g/mol. The van der Waals surface area contributed by atoms with Crippen molar-refractivity contribution in [3.05, 3.63) is 102 Å². The number of carbonyl (C=O) groups is 2. The highest BCUT2D eigenvalue weighted by Crippen LogP contribution is 2.16. The summed E-state index contributed by atoms with van der Waals surface area (Å²) >= 11 is 0. The van der Waals surface area contributed by atoms with Gasteiger partial charge in [-0.25, -0.2) is 8.42 Å². The second-order valence-corrected chi connectivity index (χ2v) is 9.92. The number of sulfonamides is 1. The summed E-state index contributed by atoms with van der Waals surface area (Å²) in [6.45, 7) is 2.01. The molecule has 0 N–H and O–H groups in total. The molecule has 0 unspecified atom stereocenters. The van der Waals surface area contributed by atoms with E-state index in [1.807, 2.05) is 60.7 Å². The summed E-state index contributed by atoms with van der Waals surface area (Å²) < 4.78 is 27.0. The third-order valence-corrected chi connectivity index (χ3v) is 7.23. The fourth-order valence-corrected chi connectivity index (χ4v) is 4.54. The Labute approximate surface area is 195 Å². The molecule has 0 atom stereocenters. The number of benzene rings is 3. The van der Waals surface area contributed by atoms with Gasteiger partial charge in [-0.15, -0.1) is 0 Å². The number of ketones is 1. The number of likely N-dealkylation sites (N-methyl/N-ethyl adjacent to an activating group) is 1. The van der Waals surface area contributed by atoms with Gasteiger partial charge >= 0.3 is 0 Å². The van der Waals surface area contributed by atoms with E-state index >= 15 is 0 Å². The fourth-order valence-electron chi connectivity index (χ4n) is 3.42. The maximum atomic E-state index is 13.2. The SMILES string of the molecule is CC(=O)c1ccc(S(=O)(=O)N(C)CC(=O)N(CCc2ccccc2)Cc2ccccc2)cc1. The van der Waals surface area contributed by atoms with Gasteiger partial charge in [0.15, 0.2) is 5.78 Å². The van der Waals surface area contributed by atoms with E-state index in [1.54, 1.807) is 4.90 Å². The molecule has 3 aromatic rings. The highest BCUT2D eigenvalue weighted by atomic mass is 32.2. The molecule has 0 heterocycles. The van der Waals surface area contributed by atoms with Gasteiger partial charge in [0.25, 0.3) is 0 Å². The summed E-state index contributed by atoms with van der Waals surface area (Å²) in [5, 5.41) is 0. The van der Waals surface area contributed by atoms with Crippen LogP contribution < -0.4 is 0 Å². The standard InChI is InChI=1S/C26H28N2O4S/c1-21(29)24-13-15-25(16-14-24)33(31,32)27(2)20-26(30)28(19-23-11-7-4-8-12-23)18-17-22-9-5-3-6-10-22/h3-16H,17-20H2,1-2H3. The van der Waals surface area contributed by atoms with E-state index < -0.39 is 10.0 Å². The van der Waals surface area contributed by atoms with Crippen molar-refractivity contribution in [2.45, 2.75) is 24.8 Å². The van der Waals surface area contributed by atoms with Crippen molar-refractivity contribution >= 4 is 21.7 Å². The first-order chi connectivity index (χ1) is 15.8. The molecule has 0 saturated carbocycles. The van der Waals surface area contributed by atoms with Crippen LogP contribution in [0.3, 0.4) is 0 Å². The van der Waals surface area contributed by atoms with E-state index in [0.29, 0.717) is 25.1 Å². The van der Waals surface area contributed by atoms with E-state index in [-0.39, 0.29) is 23.1 Å². The lowest BCUT2D eigenvalue weighted by molar-refractivity contribution is -0.131. The third kappa shape index (κ3) is 6.60. The van der Waals surface area contributed by atoms with E-state index in [2.05, 4.69) is 0 Å². The molecule has 6 nitrogen and oxygen atoms in total. The predicted molar refractivity (Wildman–Crippen MR) is 128 cm³/mol. The van der Waals surface area contributed by atoms with E-state index in [1.165, 1.54) is 38.2 Å². The molecule has 172 valence electrons. The van der Waals surface area contributed by atoms with Gasteiger partial charge in [0.1, 0.15) is 0 Å². The van der Waals surface area contributed by atoms with Crippen LogP contribution in [-0.4, -0.2) is 49.5 Å². The molecule has 0 fully saturated rings. The average Bonchev–Trinajstić information content (AvgIpc) is 2.83. The topological polar surface area (TPSA) is 74.8 Å². The lowest BCUT2D eigenvalue weighted by Crippen LogP contribution is -2.41. The first-order valence-electron chi connectivity index (χ1n) is 10.7. The molecule has 0 radical (unpaired) electrons. The van der Waals surface area contributed by atoms with Crippen LogP contribution >= 0.6 is 0 Å². The molecule has 3 aromatic carbocycles. The normalized spacial score (nSPS) is 11.4. The predicted octanol–water partition coefficient (Wildman–Crippen LogP) is 3.78. The molecule has 0 spiro atoms. The molecular formula is C26H28N2O4S. The van der Waals surface area contributed by atoms with Gasteiger partial charge in [-0.1, -0.05) is 72.8 Å². The fraction of sp³-hybridized carbons (Fsp3) is 0.231. The quantitative estimate of drug-likeness (QED) is 0.428. The van der Waals surface area contributed by atoms with Gasteiger partial charge in [0, 0.05) is 25.7 Å². The summed E-state index contributed by atoms with van der Waals surface area (Å²) in [6.07, 6.45) is 0.669. The number of hydrogen-bond acceptors (Lipinski definition) is 4. The molecule has 7 heteroatoms. The van der Waals surface area contributed by atoms with Crippen molar-refractivity contribution in [3.8, 4) is 0 Å². The Balaban J connectivity index is 1.74. The summed E-state index contributed by atoms with van der Waals surface area (Å²) in [5.74, 6) is -0.418. The molecule has 0 aliphatic heterocycles. The Morgan fingerprint density at radius 3 is 1.88 bits per heavy atom. The lowest BCUT2D eigenvalue weighted by Gasteiger charge is -2.26. The highest BCUT2D eigenvalue weighted by Gasteiger charge is 2.25. The number of hydrogen-bond donors (Lipinski definition) is 0. The largest absolute Gasteiger partial charge is 0.337 e. The molecule has 0 saturated heterocycles. The molecule has 1 amide bonds. The minimum Gasteiger partial charge on any atom is -0.337 e. The van der Waals surface area contributed by atoms with Crippen LogP contribution in [-0.2, 0) is 27.8 Å². The molecular weight excluding hydrogens is 436 g/mol. The van der Waals surface area contributed by atoms with Gasteiger partial charge in [-0.2, -0.15) is 4.31 Å². The Bertz CT molecular complexity index is 1180. The number of Topliss-reactive ketones (excluding diaryl/α,β-unsaturated/α-hetero) is 1. The summed E-state index contributed by atoms with van der Waals surface area (Å²) in [6, 6.07) is 25.2. The first-order valence-corrected chi connectivity index (χ1v) is 12.1. The van der Waals surface area contributed by atoms with E-state index in [4.69, 9.17) is 0 Å². The first kappa shape index (κ1) is 24.4. The van der Waals surface area contributed by atoms with Crippen LogP contribution in [0.5, 0.6) is 0 Å². The van der Waals surface area contributed by atoms with E-state index in [0.717, 1.165) is 15.4 Å². The van der Waals surface area contributed by atoms with Crippen molar-refractivity contribution in [1.82, 2.24) is 9.21 Å². The van der Waals surface area contributed by atoms with Crippen LogP contribution in [0.1, 0.15) is 28.4 Å². The van der Waals surface area contributed by atoms with Crippen LogP contribution in [0.15, 0.2) is 89.8 Å². The lowest BCUT2D eigenvalue weighted by atomic mass is 10.1. The monoisotopic (exact) mass is 464 g/mol. The van der Waals surface area contributed by atoms with Gasteiger partial charge < -0.3 is 4.90 Å². The Morgan fingerprint density at radius 2 is 1.33 bits per heavy atom. The second-order valence-electron chi connectivity index (χ2n) is 7.88. The van der Waals surface area contributed by atoms with Gasteiger partial charge in [-0.3, -0.25) is 9.59 Å². The molecule has 33 heavy (non-hydrogen) atoms. The van der Waals surface area contributed by atoms with Gasteiger partial charge in [0.05, 0.1) is 11.4 Å². The van der Waals surface area contributed by atoms with Crippen molar-refractivity contribution < 1.29 is 18.0 Å². The van der Waals surface area contributed by atoms with Crippen molar-refractivity contribution in [1.29, 1.82) is 0 Å². The van der Waals surface area contributed by atoms with Gasteiger partial charge in [0.2, 0.25) is 15.9 Å². The number of nitrogens with zero attached hydrogens (tertiary/aromatic N) is 2. The Hall–Kier alpha value is -3.29. The number of rotatable bonds is 10. The molecule has 0 aliphatic carbocycles. The smallest absolute Gasteiger partial charge is 0.243 e. The zero-order valence-electron chi connectivity index (χ0n) is 18.8. The minimum atomic E-state index is -3.88. The summed E-state index contributed by atoms with van der Waals surface area (Å²) in [7, 11) is -2.48. The van der Waals surface area contributed by atoms with Gasteiger partial charge in [-0.05, 0) is 36.6 Å². The van der Waals surface area contributed by atoms with Crippen molar-refractivity contribution in [2.24, 2.45) is 0 Å². The highest BCUT2D eigenvalue weighted by molar-refractivity contribution is 7.89. The van der Waals surface area contributed by atoms with Crippen LogP contribution in [0.4, 0.5) is 0 Å².